The first kappa shape index (κ1) is 11.7. The number of aromatic nitrogens is 3. The highest BCUT2D eigenvalue weighted by atomic mass is 15.2. The molecule has 0 fully saturated rings. The SMILES string of the molecule is Cc1nnc(C(N)Cc2ccccc2)nc1C. The lowest BCUT2D eigenvalue weighted by atomic mass is 10.1. The van der Waals surface area contributed by atoms with Crippen LogP contribution in [0.1, 0.15) is 28.8 Å². The summed E-state index contributed by atoms with van der Waals surface area (Å²) in [6, 6.07) is 9.89. The third kappa shape index (κ3) is 2.85. The van der Waals surface area contributed by atoms with Gasteiger partial charge in [0.1, 0.15) is 0 Å². The first-order valence-corrected chi connectivity index (χ1v) is 5.64. The molecule has 2 rings (SSSR count). The predicted octanol–water partition coefficient (Wildman–Crippen LogP) is 1.73. The normalized spacial score (nSPS) is 12.4. The van der Waals surface area contributed by atoms with E-state index in [1.165, 1.54) is 5.56 Å². The summed E-state index contributed by atoms with van der Waals surface area (Å²) in [4.78, 5) is 4.37. The van der Waals surface area contributed by atoms with E-state index in [0.29, 0.717) is 5.82 Å². The van der Waals surface area contributed by atoms with Crippen LogP contribution in [-0.2, 0) is 6.42 Å². The zero-order chi connectivity index (χ0) is 12.3. The number of hydrogen-bond donors (Lipinski definition) is 1. The molecule has 4 nitrogen and oxygen atoms in total. The summed E-state index contributed by atoms with van der Waals surface area (Å²) in [5.41, 5.74) is 9.00. The predicted molar refractivity (Wildman–Crippen MR) is 66.4 cm³/mol. The molecule has 0 spiro atoms. The molecule has 2 aromatic rings. The van der Waals surface area contributed by atoms with Crippen molar-refractivity contribution in [2.75, 3.05) is 0 Å². The van der Waals surface area contributed by atoms with Crippen LogP contribution in [0.15, 0.2) is 30.3 Å². The maximum atomic E-state index is 6.08. The highest BCUT2D eigenvalue weighted by Gasteiger charge is 2.11. The number of nitrogens with two attached hydrogens (primary N) is 1. The van der Waals surface area contributed by atoms with E-state index in [1.807, 2.05) is 44.2 Å². The first-order valence-electron chi connectivity index (χ1n) is 5.64. The molecule has 2 N–H and O–H groups in total. The minimum absolute atomic E-state index is 0.204. The van der Waals surface area contributed by atoms with E-state index < -0.39 is 0 Å². The van der Waals surface area contributed by atoms with Gasteiger partial charge in [0.15, 0.2) is 5.82 Å². The van der Waals surface area contributed by atoms with Gasteiger partial charge in [-0.2, -0.15) is 5.10 Å². The molecule has 1 unspecified atom stereocenters. The Morgan fingerprint density at radius 3 is 2.41 bits per heavy atom. The second kappa shape index (κ2) is 5.01. The number of hydrogen-bond acceptors (Lipinski definition) is 4. The molecule has 1 heterocycles. The van der Waals surface area contributed by atoms with Gasteiger partial charge in [0.25, 0.3) is 0 Å². The van der Waals surface area contributed by atoms with Gasteiger partial charge in [-0.05, 0) is 25.8 Å². The van der Waals surface area contributed by atoms with Gasteiger partial charge in [0.05, 0.1) is 17.4 Å². The van der Waals surface area contributed by atoms with Crippen LogP contribution in [0.4, 0.5) is 0 Å². The van der Waals surface area contributed by atoms with Crippen molar-refractivity contribution in [2.45, 2.75) is 26.3 Å². The van der Waals surface area contributed by atoms with E-state index >= 15 is 0 Å². The number of nitrogens with zero attached hydrogens (tertiary/aromatic N) is 3. The summed E-state index contributed by atoms with van der Waals surface area (Å²) in [5.74, 6) is 0.608. The van der Waals surface area contributed by atoms with Gasteiger partial charge < -0.3 is 5.73 Å². The van der Waals surface area contributed by atoms with Crippen molar-refractivity contribution in [1.29, 1.82) is 0 Å². The standard InChI is InChI=1S/C13H16N4/c1-9-10(2)16-17-13(15-9)12(14)8-11-6-4-3-5-7-11/h3-7,12H,8,14H2,1-2H3. The maximum Gasteiger partial charge on any atom is 0.168 e. The molecule has 0 aliphatic carbocycles. The molecule has 0 aliphatic rings. The molecule has 0 saturated heterocycles. The van der Waals surface area contributed by atoms with Crippen LogP contribution in [0.2, 0.25) is 0 Å². The van der Waals surface area contributed by atoms with Crippen LogP contribution < -0.4 is 5.73 Å². The Labute approximate surface area is 101 Å². The Morgan fingerprint density at radius 2 is 1.76 bits per heavy atom. The van der Waals surface area contributed by atoms with Crippen molar-refractivity contribution in [1.82, 2.24) is 15.2 Å². The van der Waals surface area contributed by atoms with Gasteiger partial charge in [-0.1, -0.05) is 30.3 Å². The van der Waals surface area contributed by atoms with Crippen LogP contribution in [0.3, 0.4) is 0 Å². The van der Waals surface area contributed by atoms with Crippen molar-refractivity contribution in [3.05, 3.63) is 53.1 Å². The van der Waals surface area contributed by atoms with Crippen LogP contribution in [0, 0.1) is 13.8 Å². The zero-order valence-electron chi connectivity index (χ0n) is 10.1. The van der Waals surface area contributed by atoms with E-state index in [2.05, 4.69) is 15.2 Å². The van der Waals surface area contributed by atoms with Crippen molar-refractivity contribution in [2.24, 2.45) is 5.73 Å². The lowest BCUT2D eigenvalue weighted by molar-refractivity contribution is 0.637. The van der Waals surface area contributed by atoms with E-state index in [9.17, 15) is 0 Å². The van der Waals surface area contributed by atoms with Gasteiger partial charge in [0.2, 0.25) is 0 Å². The summed E-state index contributed by atoms with van der Waals surface area (Å²) in [5, 5.41) is 8.10. The van der Waals surface area contributed by atoms with Gasteiger partial charge in [-0.15, -0.1) is 5.10 Å². The Kier molecular flexibility index (Phi) is 3.44. The van der Waals surface area contributed by atoms with E-state index in [-0.39, 0.29) is 6.04 Å². The molecule has 17 heavy (non-hydrogen) atoms. The molecule has 4 heteroatoms. The van der Waals surface area contributed by atoms with Crippen molar-refractivity contribution < 1.29 is 0 Å². The number of aryl methyl sites for hydroxylation is 2. The molecule has 0 bridgehead atoms. The first-order chi connectivity index (χ1) is 8.16. The van der Waals surface area contributed by atoms with Crippen LogP contribution in [0.25, 0.3) is 0 Å². The summed E-state index contributed by atoms with van der Waals surface area (Å²) in [6.07, 6.45) is 0.727. The van der Waals surface area contributed by atoms with E-state index in [0.717, 1.165) is 17.8 Å². The van der Waals surface area contributed by atoms with Crippen LogP contribution in [0.5, 0.6) is 0 Å². The average molecular weight is 228 g/mol. The van der Waals surface area contributed by atoms with Crippen LogP contribution >= 0.6 is 0 Å². The largest absolute Gasteiger partial charge is 0.321 e. The highest BCUT2D eigenvalue weighted by Crippen LogP contribution is 2.12. The molecule has 0 saturated carbocycles. The lowest BCUT2D eigenvalue weighted by Crippen LogP contribution is -2.18. The summed E-state index contributed by atoms with van der Waals surface area (Å²) >= 11 is 0. The van der Waals surface area contributed by atoms with Crippen molar-refractivity contribution in [3.8, 4) is 0 Å². The average Bonchev–Trinajstić information content (AvgIpc) is 2.34. The lowest BCUT2D eigenvalue weighted by Gasteiger charge is -2.10. The third-order valence-corrected chi connectivity index (χ3v) is 2.74. The molecular weight excluding hydrogens is 212 g/mol. The second-order valence-electron chi connectivity index (χ2n) is 4.14. The molecular formula is C13H16N4. The van der Waals surface area contributed by atoms with Crippen molar-refractivity contribution >= 4 is 0 Å². The van der Waals surface area contributed by atoms with Crippen molar-refractivity contribution in [3.63, 3.8) is 0 Å². The van der Waals surface area contributed by atoms with Gasteiger partial charge in [-0.3, -0.25) is 0 Å². The molecule has 0 amide bonds. The Balaban J connectivity index is 2.14. The summed E-state index contributed by atoms with van der Waals surface area (Å²) in [7, 11) is 0. The third-order valence-electron chi connectivity index (χ3n) is 2.74. The fourth-order valence-electron chi connectivity index (χ4n) is 1.59. The fourth-order valence-corrected chi connectivity index (χ4v) is 1.59. The summed E-state index contributed by atoms with van der Waals surface area (Å²) in [6.45, 7) is 3.81. The Morgan fingerprint density at radius 1 is 1.06 bits per heavy atom. The molecule has 88 valence electrons. The maximum absolute atomic E-state index is 6.08. The molecule has 1 aromatic carbocycles. The van der Waals surface area contributed by atoms with Gasteiger partial charge in [-0.25, -0.2) is 4.98 Å². The summed E-state index contributed by atoms with van der Waals surface area (Å²) < 4.78 is 0. The highest BCUT2D eigenvalue weighted by molar-refractivity contribution is 5.17. The molecule has 1 aromatic heterocycles. The van der Waals surface area contributed by atoms with Gasteiger partial charge >= 0.3 is 0 Å². The monoisotopic (exact) mass is 228 g/mol. The number of rotatable bonds is 3. The Hall–Kier alpha value is -1.81. The molecule has 1 atom stereocenters. The molecule has 0 aliphatic heterocycles. The van der Waals surface area contributed by atoms with E-state index in [1.54, 1.807) is 0 Å². The zero-order valence-corrected chi connectivity index (χ0v) is 10.1. The topological polar surface area (TPSA) is 64.7 Å². The minimum atomic E-state index is -0.204. The minimum Gasteiger partial charge on any atom is -0.321 e. The fraction of sp³-hybridized carbons (Fsp3) is 0.308. The second-order valence-corrected chi connectivity index (χ2v) is 4.14. The quantitative estimate of drug-likeness (QED) is 0.869. The Bertz CT molecular complexity index is 496. The van der Waals surface area contributed by atoms with E-state index in [4.69, 9.17) is 5.73 Å². The van der Waals surface area contributed by atoms with Crippen LogP contribution in [-0.4, -0.2) is 15.2 Å². The number of benzene rings is 1. The van der Waals surface area contributed by atoms with Gasteiger partial charge in [0, 0.05) is 0 Å². The smallest absolute Gasteiger partial charge is 0.168 e. The molecule has 0 radical (unpaired) electrons.